The molecule has 1 aromatic rings. The second-order valence-corrected chi connectivity index (χ2v) is 3.88. The molecule has 4 nitrogen and oxygen atoms in total. The first-order valence-electron chi connectivity index (χ1n) is 5.07. The third kappa shape index (κ3) is 1.62. The molecule has 1 amide bonds. The molecule has 0 fully saturated rings. The maximum absolute atomic E-state index is 11.8. The fraction of sp³-hybridized carbons (Fsp3) is 0.250. The predicted octanol–water partition coefficient (Wildman–Crippen LogP) is 1.91. The van der Waals surface area contributed by atoms with E-state index in [1.54, 1.807) is 13.1 Å². The lowest BCUT2D eigenvalue weighted by Gasteiger charge is -2.07. The summed E-state index contributed by atoms with van der Waals surface area (Å²) in [7, 11) is 1.71. The lowest BCUT2D eigenvalue weighted by atomic mass is 10.1. The number of amides is 1. The Balaban J connectivity index is 2.53. The smallest absolute Gasteiger partial charge is 0.259 e. The van der Waals surface area contributed by atoms with Crippen LogP contribution >= 0.6 is 0 Å². The van der Waals surface area contributed by atoms with Crippen molar-refractivity contribution >= 4 is 17.5 Å². The first-order valence-corrected chi connectivity index (χ1v) is 5.07. The van der Waals surface area contributed by atoms with Crippen LogP contribution in [-0.4, -0.2) is 29.4 Å². The summed E-state index contributed by atoms with van der Waals surface area (Å²) in [6.45, 7) is 3.74. The van der Waals surface area contributed by atoms with E-state index in [-0.39, 0.29) is 5.91 Å². The maximum atomic E-state index is 11.8. The highest BCUT2D eigenvalue weighted by Gasteiger charge is 2.30. The molecule has 16 heavy (non-hydrogen) atoms. The molecule has 1 heterocycles. The molecule has 1 aliphatic heterocycles. The van der Waals surface area contributed by atoms with Gasteiger partial charge in [-0.15, -0.1) is 5.10 Å². The van der Waals surface area contributed by atoms with E-state index in [0.29, 0.717) is 11.4 Å². The summed E-state index contributed by atoms with van der Waals surface area (Å²) in [5.41, 5.74) is 2.39. The number of rotatable bonds is 1. The summed E-state index contributed by atoms with van der Waals surface area (Å²) in [6, 6.07) is 7.43. The van der Waals surface area contributed by atoms with Crippen LogP contribution in [0, 0.1) is 0 Å². The topological polar surface area (TPSA) is 45.0 Å². The van der Waals surface area contributed by atoms with Gasteiger partial charge >= 0.3 is 0 Å². The Bertz CT molecular complexity index is 499. The van der Waals surface area contributed by atoms with E-state index in [4.69, 9.17) is 0 Å². The number of carbonyl (C=O) groups is 1. The minimum Gasteiger partial charge on any atom is -0.294 e. The molecule has 0 spiro atoms. The van der Waals surface area contributed by atoms with E-state index in [2.05, 4.69) is 10.2 Å². The molecule has 1 aromatic carbocycles. The van der Waals surface area contributed by atoms with Crippen molar-refractivity contribution in [3.8, 4) is 0 Å². The number of hydrogen-bond donors (Lipinski definition) is 0. The maximum Gasteiger partial charge on any atom is 0.259 e. The van der Waals surface area contributed by atoms with Crippen molar-refractivity contribution in [3.05, 3.63) is 35.4 Å². The molecule has 4 heteroatoms. The van der Waals surface area contributed by atoms with Gasteiger partial charge in [0.25, 0.3) is 5.91 Å². The third-order valence-corrected chi connectivity index (χ3v) is 2.37. The van der Waals surface area contributed by atoms with Crippen molar-refractivity contribution in [3.63, 3.8) is 0 Å². The molecule has 0 atom stereocenters. The van der Waals surface area contributed by atoms with Crippen molar-refractivity contribution < 1.29 is 4.79 Å². The highest BCUT2D eigenvalue weighted by Crippen LogP contribution is 2.21. The molecule has 0 saturated heterocycles. The van der Waals surface area contributed by atoms with E-state index in [0.717, 1.165) is 11.3 Å². The first kappa shape index (κ1) is 10.5. The van der Waals surface area contributed by atoms with Gasteiger partial charge in [0, 0.05) is 18.3 Å². The van der Waals surface area contributed by atoms with Crippen molar-refractivity contribution in [2.24, 2.45) is 10.2 Å². The Morgan fingerprint density at radius 1 is 1.19 bits per heavy atom. The average molecular weight is 215 g/mol. The molecular formula is C12H13N3O. The Labute approximate surface area is 94.3 Å². The standard InChI is InChI=1S/C12H13N3O/c1-8(2)13-14-11-9-6-4-5-7-10(9)12(16)15(11)3/h4-7H,1-3H3/b14-11-. The minimum atomic E-state index is -0.0293. The highest BCUT2D eigenvalue weighted by atomic mass is 16.2. The number of carbonyl (C=O) groups excluding carboxylic acids is 1. The zero-order valence-electron chi connectivity index (χ0n) is 9.56. The summed E-state index contributed by atoms with van der Waals surface area (Å²) in [5.74, 6) is 0.583. The van der Waals surface area contributed by atoms with Gasteiger partial charge in [-0.3, -0.25) is 9.69 Å². The fourth-order valence-electron chi connectivity index (χ4n) is 1.59. The summed E-state index contributed by atoms with van der Waals surface area (Å²) in [6.07, 6.45) is 0. The van der Waals surface area contributed by atoms with E-state index in [1.165, 1.54) is 4.90 Å². The van der Waals surface area contributed by atoms with Gasteiger partial charge in [-0.1, -0.05) is 18.2 Å². The third-order valence-electron chi connectivity index (χ3n) is 2.37. The lowest BCUT2D eigenvalue weighted by Crippen LogP contribution is -2.25. The lowest BCUT2D eigenvalue weighted by molar-refractivity contribution is 0.0882. The van der Waals surface area contributed by atoms with Crippen LogP contribution in [0.5, 0.6) is 0 Å². The van der Waals surface area contributed by atoms with Crippen LogP contribution < -0.4 is 0 Å². The Kier molecular flexibility index (Phi) is 2.56. The van der Waals surface area contributed by atoms with Gasteiger partial charge in [0.05, 0.1) is 5.56 Å². The van der Waals surface area contributed by atoms with E-state index in [9.17, 15) is 4.79 Å². The molecule has 1 aliphatic rings. The molecule has 0 bridgehead atoms. The summed E-state index contributed by atoms with van der Waals surface area (Å²) >= 11 is 0. The monoisotopic (exact) mass is 215 g/mol. The molecule has 0 aromatic heterocycles. The van der Waals surface area contributed by atoms with Gasteiger partial charge in [0.1, 0.15) is 0 Å². The van der Waals surface area contributed by atoms with Crippen LogP contribution in [-0.2, 0) is 0 Å². The number of fused-ring (bicyclic) bond motifs is 1. The van der Waals surface area contributed by atoms with Crippen molar-refractivity contribution in [2.45, 2.75) is 13.8 Å². The van der Waals surface area contributed by atoms with Crippen LogP contribution in [0.1, 0.15) is 29.8 Å². The quantitative estimate of drug-likeness (QED) is 0.521. The molecule has 0 N–H and O–H groups in total. The average Bonchev–Trinajstić information content (AvgIpc) is 2.50. The zero-order chi connectivity index (χ0) is 11.7. The first-order chi connectivity index (χ1) is 7.61. The summed E-state index contributed by atoms with van der Waals surface area (Å²) in [5, 5.41) is 8.11. The molecule has 0 unspecified atom stereocenters. The van der Waals surface area contributed by atoms with E-state index >= 15 is 0 Å². The Morgan fingerprint density at radius 3 is 2.44 bits per heavy atom. The van der Waals surface area contributed by atoms with Gasteiger partial charge in [-0.25, -0.2) is 0 Å². The second kappa shape index (κ2) is 3.89. The molecule has 0 saturated carbocycles. The predicted molar refractivity (Wildman–Crippen MR) is 63.9 cm³/mol. The number of benzene rings is 1. The number of hydrogen-bond acceptors (Lipinski definition) is 3. The Hall–Kier alpha value is -1.97. The van der Waals surface area contributed by atoms with E-state index < -0.39 is 0 Å². The van der Waals surface area contributed by atoms with Crippen molar-refractivity contribution in [2.75, 3.05) is 7.05 Å². The second-order valence-electron chi connectivity index (χ2n) is 3.88. The van der Waals surface area contributed by atoms with Crippen LogP contribution in [0.15, 0.2) is 34.5 Å². The van der Waals surface area contributed by atoms with Gasteiger partial charge in [-0.2, -0.15) is 5.10 Å². The van der Waals surface area contributed by atoms with Crippen LogP contribution in [0.25, 0.3) is 0 Å². The minimum absolute atomic E-state index is 0.0293. The summed E-state index contributed by atoms with van der Waals surface area (Å²) in [4.78, 5) is 13.4. The molecule has 82 valence electrons. The van der Waals surface area contributed by atoms with Gasteiger partial charge in [-0.05, 0) is 19.9 Å². The number of amidine groups is 1. The van der Waals surface area contributed by atoms with Gasteiger partial charge < -0.3 is 0 Å². The zero-order valence-corrected chi connectivity index (χ0v) is 9.56. The largest absolute Gasteiger partial charge is 0.294 e. The normalized spacial score (nSPS) is 16.6. The molecule has 2 rings (SSSR count). The van der Waals surface area contributed by atoms with Crippen molar-refractivity contribution in [1.82, 2.24) is 4.90 Å². The van der Waals surface area contributed by atoms with Gasteiger partial charge in [0.15, 0.2) is 5.84 Å². The SMILES string of the molecule is CC(C)=N/N=C1/c2ccccc2C(=O)N1C. The Morgan fingerprint density at radius 2 is 1.81 bits per heavy atom. The summed E-state index contributed by atoms with van der Waals surface area (Å²) < 4.78 is 0. The van der Waals surface area contributed by atoms with Gasteiger partial charge in [0.2, 0.25) is 0 Å². The van der Waals surface area contributed by atoms with E-state index in [1.807, 2.05) is 32.0 Å². The van der Waals surface area contributed by atoms with Crippen LogP contribution in [0.3, 0.4) is 0 Å². The molecule has 0 radical (unpaired) electrons. The molecular weight excluding hydrogens is 202 g/mol. The van der Waals surface area contributed by atoms with Crippen LogP contribution in [0.2, 0.25) is 0 Å². The highest BCUT2D eigenvalue weighted by molar-refractivity contribution is 6.23. The number of nitrogens with zero attached hydrogens (tertiary/aromatic N) is 3. The van der Waals surface area contributed by atoms with Crippen LogP contribution in [0.4, 0.5) is 0 Å². The fourth-order valence-corrected chi connectivity index (χ4v) is 1.59. The molecule has 0 aliphatic carbocycles. The van der Waals surface area contributed by atoms with Crippen molar-refractivity contribution in [1.29, 1.82) is 0 Å².